The van der Waals surface area contributed by atoms with Gasteiger partial charge in [-0.1, -0.05) is 0 Å². The second-order valence-corrected chi connectivity index (χ2v) is 6.41. The van der Waals surface area contributed by atoms with Crippen molar-refractivity contribution in [1.29, 1.82) is 0 Å². The van der Waals surface area contributed by atoms with Crippen LogP contribution >= 0.6 is 0 Å². The highest BCUT2D eigenvalue weighted by atomic mass is 19.1. The molecule has 0 radical (unpaired) electrons. The van der Waals surface area contributed by atoms with E-state index >= 15 is 0 Å². The number of amides is 1. The average Bonchev–Trinajstić information content (AvgIpc) is 2.74. The molecule has 1 amide bonds. The fourth-order valence-electron chi connectivity index (χ4n) is 2.84. The zero-order valence-electron chi connectivity index (χ0n) is 16.4. The summed E-state index contributed by atoms with van der Waals surface area (Å²) in [5.41, 5.74) is 2.23. The second kappa shape index (κ2) is 9.95. The van der Waals surface area contributed by atoms with Crippen LogP contribution in [-0.4, -0.2) is 36.8 Å². The zero-order valence-corrected chi connectivity index (χ0v) is 16.4. The maximum atomic E-state index is 13.1. The number of ether oxygens (including phenoxy) is 2. The lowest BCUT2D eigenvalue weighted by Crippen LogP contribution is -2.29. The van der Waals surface area contributed by atoms with Crippen molar-refractivity contribution >= 4 is 33.7 Å². The molecule has 152 valence electrons. The third-order valence-corrected chi connectivity index (χ3v) is 4.37. The Kier molecular flexibility index (Phi) is 7.10. The van der Waals surface area contributed by atoms with Crippen molar-refractivity contribution in [2.45, 2.75) is 20.0 Å². The smallest absolute Gasteiger partial charge is 0.253 e. The molecule has 3 rings (SSSR count). The standard InChI is InChI=1S/C22H24FN3O3/c1-3-28-12-13-29-15(2)22(27)26-21-9-8-20(18-10-11-24-14-19(18)21)25-17-6-4-16(23)5-7-17/h4-11,14-15,25H,3,12-13H2,1-2H3,(H,26,27). The number of halogens is 1. The number of rotatable bonds is 9. The van der Waals surface area contributed by atoms with E-state index in [1.807, 2.05) is 19.1 Å². The molecule has 2 aromatic carbocycles. The number of hydrogen-bond acceptors (Lipinski definition) is 5. The van der Waals surface area contributed by atoms with E-state index in [2.05, 4.69) is 15.6 Å². The first-order valence-electron chi connectivity index (χ1n) is 9.48. The summed E-state index contributed by atoms with van der Waals surface area (Å²) in [6, 6.07) is 11.7. The molecule has 1 unspecified atom stereocenters. The molecule has 1 heterocycles. The van der Waals surface area contributed by atoms with Crippen LogP contribution in [0.15, 0.2) is 54.9 Å². The van der Waals surface area contributed by atoms with Gasteiger partial charge < -0.3 is 20.1 Å². The predicted molar refractivity (Wildman–Crippen MR) is 112 cm³/mol. The highest BCUT2D eigenvalue weighted by Crippen LogP contribution is 2.31. The molecule has 0 bridgehead atoms. The molecule has 0 saturated heterocycles. The highest BCUT2D eigenvalue weighted by Gasteiger charge is 2.15. The maximum Gasteiger partial charge on any atom is 0.253 e. The number of carbonyl (C=O) groups excluding carboxylic acids is 1. The van der Waals surface area contributed by atoms with Gasteiger partial charge in [0.15, 0.2) is 0 Å². The summed E-state index contributed by atoms with van der Waals surface area (Å²) in [5.74, 6) is -0.536. The van der Waals surface area contributed by atoms with E-state index in [1.54, 1.807) is 37.5 Å². The summed E-state index contributed by atoms with van der Waals surface area (Å²) in [5, 5.41) is 7.84. The van der Waals surface area contributed by atoms with Crippen LogP contribution in [0.1, 0.15) is 13.8 Å². The number of fused-ring (bicyclic) bond motifs is 1. The quantitative estimate of drug-likeness (QED) is 0.520. The van der Waals surface area contributed by atoms with Gasteiger partial charge in [0.2, 0.25) is 0 Å². The third kappa shape index (κ3) is 5.49. The van der Waals surface area contributed by atoms with E-state index in [1.165, 1.54) is 12.1 Å². The average molecular weight is 397 g/mol. The summed E-state index contributed by atoms with van der Waals surface area (Å²) < 4.78 is 23.9. The van der Waals surface area contributed by atoms with E-state index < -0.39 is 6.10 Å². The van der Waals surface area contributed by atoms with Crippen molar-refractivity contribution in [3.8, 4) is 0 Å². The first-order valence-corrected chi connectivity index (χ1v) is 9.48. The Morgan fingerprint density at radius 3 is 2.59 bits per heavy atom. The van der Waals surface area contributed by atoms with E-state index in [0.29, 0.717) is 25.5 Å². The third-order valence-electron chi connectivity index (χ3n) is 4.37. The lowest BCUT2D eigenvalue weighted by atomic mass is 10.1. The Morgan fingerprint density at radius 2 is 1.83 bits per heavy atom. The molecular weight excluding hydrogens is 373 g/mol. The van der Waals surface area contributed by atoms with E-state index in [4.69, 9.17) is 9.47 Å². The molecule has 29 heavy (non-hydrogen) atoms. The molecule has 0 aliphatic heterocycles. The van der Waals surface area contributed by atoms with Gasteiger partial charge in [0.05, 0.1) is 18.9 Å². The van der Waals surface area contributed by atoms with Gasteiger partial charge >= 0.3 is 0 Å². The van der Waals surface area contributed by atoms with Crippen LogP contribution < -0.4 is 10.6 Å². The molecule has 0 aliphatic carbocycles. The molecule has 0 fully saturated rings. The number of nitrogens with zero attached hydrogens (tertiary/aromatic N) is 1. The Bertz CT molecular complexity index is 963. The maximum absolute atomic E-state index is 13.1. The van der Waals surface area contributed by atoms with Gasteiger partial charge in [-0.25, -0.2) is 4.39 Å². The first kappa shape index (κ1) is 20.7. The van der Waals surface area contributed by atoms with Gasteiger partial charge in [0.25, 0.3) is 5.91 Å². The number of carbonyl (C=O) groups is 1. The topological polar surface area (TPSA) is 72.5 Å². The second-order valence-electron chi connectivity index (χ2n) is 6.41. The van der Waals surface area contributed by atoms with Gasteiger partial charge in [-0.2, -0.15) is 0 Å². The van der Waals surface area contributed by atoms with Crippen LogP contribution in [0.2, 0.25) is 0 Å². The van der Waals surface area contributed by atoms with Crippen molar-refractivity contribution in [3.63, 3.8) is 0 Å². The molecule has 7 heteroatoms. The van der Waals surface area contributed by atoms with Crippen LogP contribution in [0.5, 0.6) is 0 Å². The van der Waals surface area contributed by atoms with Crippen molar-refractivity contribution in [2.24, 2.45) is 0 Å². The molecule has 0 aliphatic rings. The van der Waals surface area contributed by atoms with Crippen molar-refractivity contribution in [2.75, 3.05) is 30.5 Å². The summed E-state index contributed by atoms with van der Waals surface area (Å²) in [7, 11) is 0. The van der Waals surface area contributed by atoms with Crippen LogP contribution in [0.25, 0.3) is 10.8 Å². The Labute approximate surface area is 169 Å². The highest BCUT2D eigenvalue weighted by molar-refractivity contribution is 6.07. The summed E-state index contributed by atoms with van der Waals surface area (Å²) in [4.78, 5) is 16.7. The van der Waals surface area contributed by atoms with Crippen molar-refractivity contribution in [1.82, 2.24) is 4.98 Å². The molecular formula is C22H24FN3O3. The fraction of sp³-hybridized carbons (Fsp3) is 0.273. The summed E-state index contributed by atoms with van der Waals surface area (Å²) in [6.07, 6.45) is 2.77. The van der Waals surface area contributed by atoms with E-state index in [-0.39, 0.29) is 11.7 Å². The minimum atomic E-state index is -0.612. The Morgan fingerprint density at radius 1 is 1.07 bits per heavy atom. The van der Waals surface area contributed by atoms with Crippen LogP contribution in [0, 0.1) is 5.82 Å². The van der Waals surface area contributed by atoms with Crippen LogP contribution in [0.3, 0.4) is 0 Å². The van der Waals surface area contributed by atoms with Gasteiger partial charge in [-0.05, 0) is 56.3 Å². The van der Waals surface area contributed by atoms with Gasteiger partial charge in [0, 0.05) is 41.1 Å². The summed E-state index contributed by atoms with van der Waals surface area (Å²) in [6.45, 7) is 5.02. The first-order chi connectivity index (χ1) is 14.1. The number of anilines is 3. The van der Waals surface area contributed by atoms with E-state index in [9.17, 15) is 9.18 Å². The molecule has 0 saturated carbocycles. The number of aromatic nitrogens is 1. The lowest BCUT2D eigenvalue weighted by Gasteiger charge is -2.16. The predicted octanol–water partition coefficient (Wildman–Crippen LogP) is 4.50. The van der Waals surface area contributed by atoms with Crippen molar-refractivity contribution < 1.29 is 18.7 Å². The lowest BCUT2D eigenvalue weighted by molar-refractivity contribution is -0.127. The van der Waals surface area contributed by atoms with Crippen LogP contribution in [-0.2, 0) is 14.3 Å². The number of hydrogen-bond donors (Lipinski definition) is 2. The van der Waals surface area contributed by atoms with Crippen molar-refractivity contribution in [3.05, 3.63) is 60.7 Å². The molecule has 0 spiro atoms. The Balaban J connectivity index is 1.76. The molecule has 1 aromatic heterocycles. The molecule has 3 aromatic rings. The number of pyridine rings is 1. The summed E-state index contributed by atoms with van der Waals surface area (Å²) >= 11 is 0. The minimum Gasteiger partial charge on any atom is -0.379 e. The molecule has 2 N–H and O–H groups in total. The Hall–Kier alpha value is -3.03. The minimum absolute atomic E-state index is 0.245. The fourth-order valence-corrected chi connectivity index (χ4v) is 2.84. The monoisotopic (exact) mass is 397 g/mol. The normalized spacial score (nSPS) is 12.0. The number of nitrogens with one attached hydrogen (secondary N) is 2. The number of benzene rings is 2. The van der Waals surface area contributed by atoms with Crippen LogP contribution in [0.4, 0.5) is 21.5 Å². The van der Waals surface area contributed by atoms with E-state index in [0.717, 1.165) is 22.1 Å². The molecule has 6 nitrogen and oxygen atoms in total. The molecule has 1 atom stereocenters. The van der Waals surface area contributed by atoms with Gasteiger partial charge in [-0.3, -0.25) is 9.78 Å². The van der Waals surface area contributed by atoms with Gasteiger partial charge in [0.1, 0.15) is 11.9 Å². The van der Waals surface area contributed by atoms with Gasteiger partial charge in [-0.15, -0.1) is 0 Å². The zero-order chi connectivity index (χ0) is 20.6. The largest absolute Gasteiger partial charge is 0.379 e. The SMILES string of the molecule is CCOCCOC(C)C(=O)Nc1ccc(Nc2ccc(F)cc2)c2ccncc12.